The molecule has 1 aliphatic heterocycles. The monoisotopic (exact) mass is 360 g/mol. The molecule has 1 fully saturated rings. The Morgan fingerprint density at radius 1 is 1.15 bits per heavy atom. The lowest BCUT2D eigenvalue weighted by atomic mass is 9.99. The van der Waals surface area contributed by atoms with E-state index in [1.165, 1.54) is 6.07 Å². The van der Waals surface area contributed by atoms with Gasteiger partial charge in [0.15, 0.2) is 11.6 Å². The van der Waals surface area contributed by atoms with Crippen LogP contribution in [0.15, 0.2) is 48.5 Å². The van der Waals surface area contributed by atoms with Crippen LogP contribution in [0.1, 0.15) is 12.8 Å². The predicted molar refractivity (Wildman–Crippen MR) is 96.1 cm³/mol. The van der Waals surface area contributed by atoms with Gasteiger partial charge in [0.1, 0.15) is 5.75 Å². The van der Waals surface area contributed by atoms with Gasteiger partial charge in [0.25, 0.3) is 0 Å². The molecule has 26 heavy (non-hydrogen) atoms. The van der Waals surface area contributed by atoms with Crippen molar-refractivity contribution in [2.24, 2.45) is 5.92 Å². The Kier molecular flexibility index (Phi) is 6.17. The van der Waals surface area contributed by atoms with E-state index in [0.717, 1.165) is 43.8 Å². The number of hydrogen-bond donors (Lipinski definition) is 1. The number of amides is 1. The van der Waals surface area contributed by atoms with Crippen molar-refractivity contribution in [2.75, 3.05) is 31.6 Å². The van der Waals surface area contributed by atoms with Gasteiger partial charge in [0, 0.05) is 24.2 Å². The molecule has 1 N–H and O–H groups in total. The van der Waals surface area contributed by atoms with Gasteiger partial charge in [0.05, 0.1) is 13.2 Å². The largest absolute Gasteiger partial charge is 0.493 e. The van der Waals surface area contributed by atoms with Crippen LogP contribution < -0.4 is 10.1 Å². The standard InChI is InChI=1S/C20H22F2N2O2/c21-18-9-8-16(11-19(18)22)23-20(25)13-24-10-4-5-15(12-24)14-26-17-6-2-1-3-7-17/h1-3,6-9,11,15H,4-5,10,12-14H2,(H,23,25). The first-order valence-electron chi connectivity index (χ1n) is 8.75. The molecule has 1 atom stereocenters. The number of nitrogens with one attached hydrogen (secondary N) is 1. The van der Waals surface area contributed by atoms with E-state index in [9.17, 15) is 13.6 Å². The second kappa shape index (κ2) is 8.76. The second-order valence-electron chi connectivity index (χ2n) is 6.54. The van der Waals surface area contributed by atoms with Gasteiger partial charge in [-0.1, -0.05) is 18.2 Å². The van der Waals surface area contributed by atoms with Crippen LogP contribution in [0, 0.1) is 17.6 Å². The Morgan fingerprint density at radius 2 is 1.96 bits per heavy atom. The van der Waals surface area contributed by atoms with Crippen LogP contribution in [0.2, 0.25) is 0 Å². The van der Waals surface area contributed by atoms with E-state index in [0.29, 0.717) is 12.5 Å². The molecule has 1 unspecified atom stereocenters. The molecule has 0 aliphatic carbocycles. The van der Waals surface area contributed by atoms with Crippen molar-refractivity contribution in [3.05, 3.63) is 60.2 Å². The lowest BCUT2D eigenvalue weighted by Gasteiger charge is -2.32. The molecule has 0 spiro atoms. The molecule has 0 aromatic heterocycles. The summed E-state index contributed by atoms with van der Waals surface area (Å²) in [7, 11) is 0. The number of halogens is 2. The van der Waals surface area contributed by atoms with Crippen molar-refractivity contribution in [3.63, 3.8) is 0 Å². The SMILES string of the molecule is O=C(CN1CCCC(COc2ccccc2)C1)Nc1ccc(F)c(F)c1. The highest BCUT2D eigenvalue weighted by Crippen LogP contribution is 2.19. The highest BCUT2D eigenvalue weighted by molar-refractivity contribution is 5.92. The topological polar surface area (TPSA) is 41.6 Å². The van der Waals surface area contributed by atoms with Gasteiger partial charge in [-0.25, -0.2) is 8.78 Å². The first-order chi connectivity index (χ1) is 12.6. The number of ether oxygens (including phenoxy) is 1. The summed E-state index contributed by atoms with van der Waals surface area (Å²) >= 11 is 0. The molecule has 1 aliphatic rings. The summed E-state index contributed by atoms with van der Waals surface area (Å²) in [6.07, 6.45) is 2.06. The fourth-order valence-electron chi connectivity index (χ4n) is 3.14. The highest BCUT2D eigenvalue weighted by atomic mass is 19.2. The second-order valence-corrected chi connectivity index (χ2v) is 6.54. The summed E-state index contributed by atoms with van der Waals surface area (Å²) < 4.78 is 32.0. The maximum atomic E-state index is 13.2. The normalized spacial score (nSPS) is 17.7. The summed E-state index contributed by atoms with van der Waals surface area (Å²) in [4.78, 5) is 14.2. The Bertz CT molecular complexity index is 740. The zero-order valence-corrected chi connectivity index (χ0v) is 14.5. The third-order valence-corrected chi connectivity index (χ3v) is 4.40. The van der Waals surface area contributed by atoms with Gasteiger partial charge in [-0.2, -0.15) is 0 Å². The molecular weight excluding hydrogens is 338 g/mol. The zero-order chi connectivity index (χ0) is 18.4. The number of likely N-dealkylation sites (tertiary alicyclic amines) is 1. The molecule has 2 aromatic carbocycles. The fraction of sp³-hybridized carbons (Fsp3) is 0.350. The van der Waals surface area contributed by atoms with Gasteiger partial charge in [0.2, 0.25) is 5.91 Å². The van der Waals surface area contributed by atoms with E-state index < -0.39 is 11.6 Å². The Hall–Kier alpha value is -2.47. The van der Waals surface area contributed by atoms with E-state index in [1.807, 2.05) is 30.3 Å². The number of para-hydroxylation sites is 1. The van der Waals surface area contributed by atoms with Crippen LogP contribution in [0.4, 0.5) is 14.5 Å². The quantitative estimate of drug-likeness (QED) is 0.854. The Morgan fingerprint density at radius 3 is 2.73 bits per heavy atom. The summed E-state index contributed by atoms with van der Waals surface area (Å²) in [6.45, 7) is 2.46. The van der Waals surface area contributed by atoms with Gasteiger partial charge in [-0.15, -0.1) is 0 Å². The van der Waals surface area contributed by atoms with Crippen molar-refractivity contribution < 1.29 is 18.3 Å². The molecule has 0 radical (unpaired) electrons. The van der Waals surface area contributed by atoms with E-state index in [4.69, 9.17) is 4.74 Å². The molecule has 6 heteroatoms. The van der Waals surface area contributed by atoms with Gasteiger partial charge >= 0.3 is 0 Å². The number of rotatable bonds is 6. The lowest BCUT2D eigenvalue weighted by molar-refractivity contribution is -0.117. The molecule has 2 aromatic rings. The number of hydrogen-bond acceptors (Lipinski definition) is 3. The van der Waals surface area contributed by atoms with Crippen LogP contribution >= 0.6 is 0 Å². The van der Waals surface area contributed by atoms with Crippen LogP contribution in [-0.4, -0.2) is 37.0 Å². The first-order valence-corrected chi connectivity index (χ1v) is 8.75. The Balaban J connectivity index is 1.46. The number of anilines is 1. The zero-order valence-electron chi connectivity index (χ0n) is 14.5. The summed E-state index contributed by atoms with van der Waals surface area (Å²) in [6, 6.07) is 13.0. The molecule has 4 nitrogen and oxygen atoms in total. The van der Waals surface area contributed by atoms with Crippen LogP contribution in [0.25, 0.3) is 0 Å². The van der Waals surface area contributed by atoms with Crippen LogP contribution in [-0.2, 0) is 4.79 Å². The molecule has 3 rings (SSSR count). The van der Waals surface area contributed by atoms with Gasteiger partial charge < -0.3 is 10.1 Å². The molecular formula is C20H22F2N2O2. The summed E-state index contributed by atoms with van der Waals surface area (Å²) in [5.41, 5.74) is 0.259. The maximum Gasteiger partial charge on any atom is 0.238 e. The average Bonchev–Trinajstić information content (AvgIpc) is 2.64. The van der Waals surface area contributed by atoms with E-state index in [-0.39, 0.29) is 18.1 Å². The first kappa shape index (κ1) is 18.3. The minimum absolute atomic E-state index is 0.223. The molecule has 0 bridgehead atoms. The van der Waals surface area contributed by atoms with E-state index in [1.54, 1.807) is 0 Å². The van der Waals surface area contributed by atoms with Crippen LogP contribution in [0.3, 0.4) is 0 Å². The third-order valence-electron chi connectivity index (χ3n) is 4.40. The third kappa shape index (κ3) is 5.26. The van der Waals surface area contributed by atoms with Crippen LogP contribution in [0.5, 0.6) is 5.75 Å². The van der Waals surface area contributed by atoms with E-state index in [2.05, 4.69) is 10.2 Å². The number of carbonyl (C=O) groups is 1. The minimum atomic E-state index is -0.973. The molecule has 1 amide bonds. The number of nitrogens with zero attached hydrogens (tertiary/aromatic N) is 1. The molecule has 138 valence electrons. The number of carbonyl (C=O) groups excluding carboxylic acids is 1. The summed E-state index contributed by atoms with van der Waals surface area (Å²) in [5.74, 6) is -0.930. The maximum absolute atomic E-state index is 13.2. The van der Waals surface area contributed by atoms with Crippen molar-refractivity contribution >= 4 is 11.6 Å². The van der Waals surface area contributed by atoms with Crippen molar-refractivity contribution in [1.82, 2.24) is 4.90 Å². The van der Waals surface area contributed by atoms with Gasteiger partial charge in [-0.05, 0) is 43.7 Å². The van der Waals surface area contributed by atoms with Gasteiger partial charge in [-0.3, -0.25) is 9.69 Å². The molecule has 1 saturated heterocycles. The molecule has 0 saturated carbocycles. The van der Waals surface area contributed by atoms with E-state index >= 15 is 0 Å². The van der Waals surface area contributed by atoms with Crippen molar-refractivity contribution in [2.45, 2.75) is 12.8 Å². The minimum Gasteiger partial charge on any atom is -0.493 e. The summed E-state index contributed by atoms with van der Waals surface area (Å²) in [5, 5.41) is 2.61. The highest BCUT2D eigenvalue weighted by Gasteiger charge is 2.22. The predicted octanol–water partition coefficient (Wildman–Crippen LogP) is 3.69. The lowest BCUT2D eigenvalue weighted by Crippen LogP contribution is -2.42. The smallest absolute Gasteiger partial charge is 0.238 e. The fourth-order valence-corrected chi connectivity index (χ4v) is 3.14. The van der Waals surface area contributed by atoms with Crippen molar-refractivity contribution in [1.29, 1.82) is 0 Å². The average molecular weight is 360 g/mol. The molecule has 1 heterocycles. The number of piperidine rings is 1. The van der Waals surface area contributed by atoms with Crippen molar-refractivity contribution in [3.8, 4) is 5.75 Å². The number of benzene rings is 2. The Labute approximate surface area is 151 Å².